The number of ketones is 2. The van der Waals surface area contributed by atoms with Gasteiger partial charge in [-0.05, 0) is 53.9 Å². The number of halogens is 2. The van der Waals surface area contributed by atoms with Crippen LogP contribution in [0, 0.1) is 5.92 Å². The number of aliphatic hydroxyl groups excluding tert-OH is 1. The minimum atomic E-state index is -4.05. The Labute approximate surface area is 238 Å². The maximum Gasteiger partial charge on any atom is 0.380 e. The predicted molar refractivity (Wildman–Crippen MR) is 149 cm³/mol. The molecule has 0 saturated carbocycles. The zero-order chi connectivity index (χ0) is 29.2. The van der Waals surface area contributed by atoms with Gasteiger partial charge in [0.2, 0.25) is 4.58 Å². The van der Waals surface area contributed by atoms with Gasteiger partial charge in [-0.1, -0.05) is 25.1 Å². The molecule has 40 heavy (non-hydrogen) atoms. The lowest BCUT2D eigenvalue weighted by Gasteiger charge is -2.25. The molecule has 6 atom stereocenters. The topological polar surface area (TPSA) is 156 Å². The van der Waals surface area contributed by atoms with Gasteiger partial charge in [0, 0.05) is 18.5 Å². The van der Waals surface area contributed by atoms with Crippen LogP contribution in [0.2, 0.25) is 0 Å². The molecule has 3 heterocycles. The minimum absolute atomic E-state index is 0.0181. The standard InChI is InChI=1S/C26H31BrFN4O7P/c1-15(17(3)34)13-40(36,39-20-7-5-4-6-18(20)9-8-16(2)33)37-12-21-22(35)26(27,28)25(38-21)32-11-10-19-23(29)30-14-31-24(19)32/h4-7,10-11,14-15,21-22,25,35H,8-9,12-13H2,1-3H3,(H2,29,30,31)/t15-,21-,22?,25-,26-,40?/m1/s1. The molecule has 1 aliphatic rings. The lowest BCUT2D eigenvalue weighted by Crippen LogP contribution is -2.38. The molecule has 0 aliphatic carbocycles. The highest BCUT2D eigenvalue weighted by Crippen LogP contribution is 2.53. The first-order valence-corrected chi connectivity index (χ1v) is 15.1. The van der Waals surface area contributed by atoms with Crippen molar-refractivity contribution < 1.29 is 37.4 Å². The van der Waals surface area contributed by atoms with Crippen molar-refractivity contribution in [3.63, 3.8) is 0 Å². The first kappa shape index (κ1) is 30.3. The molecule has 3 aromatic rings. The Bertz CT molecular complexity index is 1450. The third-order valence-electron chi connectivity index (χ3n) is 6.76. The number of aliphatic hydroxyl groups is 1. The Morgan fingerprint density at radius 2 is 2.02 bits per heavy atom. The molecular formula is C26H31BrFN4O7P. The van der Waals surface area contributed by atoms with E-state index in [1.807, 2.05) is 0 Å². The average molecular weight is 641 g/mol. The number of nitrogens with two attached hydrogens (primary N) is 1. The van der Waals surface area contributed by atoms with Crippen LogP contribution in [0.4, 0.5) is 10.2 Å². The number of hydrogen-bond donors (Lipinski definition) is 2. The van der Waals surface area contributed by atoms with E-state index in [9.17, 15) is 19.3 Å². The van der Waals surface area contributed by atoms with Crippen LogP contribution in [0.5, 0.6) is 5.75 Å². The van der Waals surface area contributed by atoms with E-state index in [0.29, 0.717) is 23.0 Å². The highest BCUT2D eigenvalue weighted by molar-refractivity contribution is 9.10. The first-order chi connectivity index (χ1) is 18.8. The third-order valence-corrected chi connectivity index (χ3v) is 9.63. The fourth-order valence-electron chi connectivity index (χ4n) is 4.31. The second-order valence-corrected chi connectivity index (χ2v) is 13.1. The van der Waals surface area contributed by atoms with Crippen LogP contribution in [0.25, 0.3) is 11.0 Å². The molecule has 1 aliphatic heterocycles. The van der Waals surface area contributed by atoms with E-state index in [1.54, 1.807) is 37.3 Å². The molecule has 2 aromatic heterocycles. The second kappa shape index (κ2) is 12.0. The molecule has 0 bridgehead atoms. The molecule has 3 N–H and O–H groups in total. The fraction of sp³-hybridized carbons (Fsp3) is 0.462. The maximum absolute atomic E-state index is 15.8. The van der Waals surface area contributed by atoms with Crippen LogP contribution in [0.15, 0.2) is 42.9 Å². The molecular weight excluding hydrogens is 610 g/mol. The summed E-state index contributed by atoms with van der Waals surface area (Å²) in [6, 6.07) is 8.37. The van der Waals surface area contributed by atoms with Crippen molar-refractivity contribution >= 4 is 51.9 Å². The molecule has 1 aromatic carbocycles. The molecule has 1 fully saturated rings. The number of nitrogen functional groups attached to an aromatic ring is 1. The van der Waals surface area contributed by atoms with Gasteiger partial charge < -0.3 is 29.5 Å². The second-order valence-electron chi connectivity index (χ2n) is 9.87. The molecule has 0 radical (unpaired) electrons. The van der Waals surface area contributed by atoms with Crippen molar-refractivity contribution in [3.05, 3.63) is 48.4 Å². The van der Waals surface area contributed by atoms with E-state index >= 15 is 4.39 Å². The Kier molecular flexibility index (Phi) is 9.11. The number of anilines is 1. The van der Waals surface area contributed by atoms with Gasteiger partial charge in [-0.3, -0.25) is 9.32 Å². The summed E-state index contributed by atoms with van der Waals surface area (Å²) >= 11 is 2.95. The normalized spacial score (nSPS) is 25.0. The van der Waals surface area contributed by atoms with Crippen LogP contribution in [0.3, 0.4) is 0 Å². The van der Waals surface area contributed by atoms with Crippen molar-refractivity contribution in [2.24, 2.45) is 5.92 Å². The summed E-state index contributed by atoms with van der Waals surface area (Å²) in [4.78, 5) is 31.6. The van der Waals surface area contributed by atoms with Gasteiger partial charge in [-0.25, -0.2) is 18.9 Å². The van der Waals surface area contributed by atoms with Crippen LogP contribution < -0.4 is 10.3 Å². The number of alkyl halides is 2. The van der Waals surface area contributed by atoms with Gasteiger partial charge in [-0.15, -0.1) is 0 Å². The Balaban J connectivity index is 1.57. The van der Waals surface area contributed by atoms with Gasteiger partial charge in [0.15, 0.2) is 6.23 Å². The number of fused-ring (bicyclic) bond motifs is 1. The van der Waals surface area contributed by atoms with Gasteiger partial charge in [0.05, 0.1) is 18.2 Å². The Morgan fingerprint density at radius 3 is 2.73 bits per heavy atom. The van der Waals surface area contributed by atoms with E-state index in [2.05, 4.69) is 25.9 Å². The summed E-state index contributed by atoms with van der Waals surface area (Å²) in [5.41, 5.74) is 6.82. The van der Waals surface area contributed by atoms with Crippen LogP contribution in [-0.4, -0.2) is 60.8 Å². The molecule has 2 unspecified atom stereocenters. The SMILES string of the molecule is CC(=O)CCc1ccccc1OP(=O)(C[C@@H](C)C(C)=O)OC[C@H]1O[C@@H](n2ccc3c(N)ncnc32)[C@@](F)(Br)C1O. The van der Waals surface area contributed by atoms with E-state index < -0.39 is 43.1 Å². The molecule has 14 heteroatoms. The number of hydrogen-bond acceptors (Lipinski definition) is 10. The summed E-state index contributed by atoms with van der Waals surface area (Å²) < 4.78 is 46.2. The largest absolute Gasteiger partial charge is 0.424 e. The number of carbonyl (C=O) groups is 2. The van der Waals surface area contributed by atoms with Crippen molar-refractivity contribution in [2.75, 3.05) is 18.5 Å². The van der Waals surface area contributed by atoms with Crippen molar-refractivity contribution in [2.45, 2.75) is 56.6 Å². The van der Waals surface area contributed by atoms with Gasteiger partial charge in [-0.2, -0.15) is 0 Å². The minimum Gasteiger partial charge on any atom is -0.424 e. The van der Waals surface area contributed by atoms with E-state index in [0.717, 1.165) is 0 Å². The lowest BCUT2D eigenvalue weighted by atomic mass is 10.1. The van der Waals surface area contributed by atoms with E-state index in [4.69, 9.17) is 19.5 Å². The quantitative estimate of drug-likeness (QED) is 0.215. The summed E-state index contributed by atoms with van der Waals surface area (Å²) in [5, 5.41) is 11.3. The van der Waals surface area contributed by atoms with Gasteiger partial charge in [0.25, 0.3) is 0 Å². The molecule has 216 valence electrons. The number of rotatable bonds is 12. The Morgan fingerprint density at radius 1 is 1.30 bits per heavy atom. The van der Waals surface area contributed by atoms with Gasteiger partial charge in [0.1, 0.15) is 47.3 Å². The smallest absolute Gasteiger partial charge is 0.380 e. The number of nitrogens with zero attached hydrogens (tertiary/aromatic N) is 3. The molecule has 11 nitrogen and oxygen atoms in total. The number of aromatic nitrogens is 3. The fourth-order valence-corrected chi connectivity index (χ4v) is 6.95. The number of Topliss-reactive ketones (excluding diaryl/α,β-unsaturated/α-hetero) is 2. The summed E-state index contributed by atoms with van der Waals surface area (Å²) in [7, 11) is -4.05. The summed E-state index contributed by atoms with van der Waals surface area (Å²) in [5.74, 6) is -0.480. The van der Waals surface area contributed by atoms with Crippen LogP contribution >= 0.6 is 23.5 Å². The van der Waals surface area contributed by atoms with E-state index in [1.165, 1.54) is 30.9 Å². The first-order valence-electron chi connectivity index (χ1n) is 12.6. The number of carbonyl (C=O) groups excluding carboxylic acids is 2. The number of benzene rings is 1. The zero-order valence-corrected chi connectivity index (χ0v) is 24.7. The molecule has 0 amide bonds. The average Bonchev–Trinajstić information content (AvgIpc) is 3.41. The third kappa shape index (κ3) is 6.44. The predicted octanol–water partition coefficient (Wildman–Crippen LogP) is 4.37. The summed E-state index contributed by atoms with van der Waals surface area (Å²) in [6.45, 7) is 3.92. The maximum atomic E-state index is 15.8. The monoisotopic (exact) mass is 640 g/mol. The lowest BCUT2D eigenvalue weighted by molar-refractivity contribution is -0.120. The highest BCUT2D eigenvalue weighted by atomic mass is 79.9. The van der Waals surface area contributed by atoms with Crippen LogP contribution in [-0.2, 0) is 29.8 Å². The number of ether oxygens (including phenoxy) is 1. The zero-order valence-electron chi connectivity index (χ0n) is 22.2. The van der Waals surface area contributed by atoms with E-state index in [-0.39, 0.29) is 35.7 Å². The molecule has 1 saturated heterocycles. The molecule has 0 spiro atoms. The Hall–Kier alpha value is -2.70. The van der Waals surface area contributed by atoms with Crippen LogP contribution in [0.1, 0.15) is 39.0 Å². The summed E-state index contributed by atoms with van der Waals surface area (Å²) in [6.07, 6.45) is -1.31. The van der Waals surface area contributed by atoms with Crippen molar-refractivity contribution in [1.82, 2.24) is 14.5 Å². The molecule has 4 rings (SSSR count). The number of para-hydroxylation sites is 1. The number of aryl methyl sites for hydroxylation is 1. The highest BCUT2D eigenvalue weighted by Gasteiger charge is 2.57. The van der Waals surface area contributed by atoms with Crippen molar-refractivity contribution in [3.8, 4) is 5.75 Å². The van der Waals surface area contributed by atoms with Crippen molar-refractivity contribution in [1.29, 1.82) is 0 Å². The van der Waals surface area contributed by atoms with Gasteiger partial charge >= 0.3 is 7.60 Å².